The lowest BCUT2D eigenvalue weighted by atomic mass is 9.78. The second-order valence-corrected chi connectivity index (χ2v) is 14.8. The number of esters is 2. The minimum absolute atomic E-state index is 0.120. The zero-order valence-electron chi connectivity index (χ0n) is 28.4. The van der Waals surface area contributed by atoms with E-state index in [1.54, 1.807) is 12.1 Å². The maximum atomic E-state index is 14.3. The first-order chi connectivity index (χ1) is 19.8. The molecule has 240 valence electrons. The van der Waals surface area contributed by atoms with Crippen molar-refractivity contribution in [1.29, 1.82) is 0 Å². The van der Waals surface area contributed by atoms with Crippen LogP contribution in [0.4, 0.5) is 0 Å². The van der Waals surface area contributed by atoms with Crippen molar-refractivity contribution in [3.05, 3.63) is 48.2 Å². The third-order valence-electron chi connectivity index (χ3n) is 10.1. The number of allylic oxidation sites excluding steroid dienone is 1. The number of hydrogen-bond acceptors (Lipinski definition) is 7. The van der Waals surface area contributed by atoms with E-state index in [2.05, 4.69) is 78.5 Å². The lowest BCUT2D eigenvalue weighted by Crippen LogP contribution is -2.60. The molecular formula is C36H56N2O5. The minimum atomic E-state index is -1.14. The minimum Gasteiger partial charge on any atom is -0.507 e. The fraction of sp³-hybridized carbons (Fsp3) is 0.667. The van der Waals surface area contributed by atoms with Gasteiger partial charge >= 0.3 is 11.9 Å². The molecule has 2 aliphatic rings. The third kappa shape index (κ3) is 7.84. The number of benzene rings is 1. The number of piperidine rings is 2. The van der Waals surface area contributed by atoms with Gasteiger partial charge in [0.2, 0.25) is 0 Å². The number of phenolic OH excluding ortho intramolecular Hbond substituents is 1. The molecule has 0 spiro atoms. The summed E-state index contributed by atoms with van der Waals surface area (Å²) >= 11 is 0. The van der Waals surface area contributed by atoms with E-state index in [-0.39, 0.29) is 34.6 Å². The molecular weight excluding hydrogens is 540 g/mol. The number of carbonyl (C=O) groups excluding carboxylic acids is 2. The topological polar surface area (TPSA) is 79.3 Å². The van der Waals surface area contributed by atoms with Gasteiger partial charge in [-0.25, -0.2) is 0 Å². The first-order valence-corrected chi connectivity index (χ1v) is 15.9. The van der Waals surface area contributed by atoms with E-state index in [4.69, 9.17) is 9.47 Å². The van der Waals surface area contributed by atoms with Crippen LogP contribution in [-0.4, -0.2) is 69.8 Å². The summed E-state index contributed by atoms with van der Waals surface area (Å²) in [5.74, 6) is -2.59. The highest BCUT2D eigenvalue weighted by atomic mass is 16.6. The number of likely N-dealkylation sites (tertiary alicyclic amines) is 2. The van der Waals surface area contributed by atoms with Gasteiger partial charge in [-0.3, -0.25) is 14.5 Å². The summed E-state index contributed by atoms with van der Waals surface area (Å²) in [6.07, 6.45) is 4.08. The molecule has 1 aromatic carbocycles. The van der Waals surface area contributed by atoms with E-state index >= 15 is 0 Å². The van der Waals surface area contributed by atoms with Crippen LogP contribution in [0.2, 0.25) is 0 Å². The van der Waals surface area contributed by atoms with Crippen LogP contribution in [0.5, 0.6) is 5.75 Å². The SMILES string of the molecule is C=C(C)c1cc(C(CCCC)C(C(=O)OC2CC(=C)N(C)C(C)(C)C2)C(=O)OC2CC(C)(C)N(C)C(C)(C)C2)ccc1O. The number of carbonyl (C=O) groups is 2. The smallest absolute Gasteiger partial charge is 0.321 e. The number of hydrogen-bond donors (Lipinski definition) is 1. The van der Waals surface area contributed by atoms with Crippen LogP contribution in [0, 0.1) is 5.92 Å². The Hall–Kier alpha value is -2.80. The number of rotatable bonds is 10. The molecule has 3 atom stereocenters. The molecule has 2 aliphatic heterocycles. The Morgan fingerprint density at radius 3 is 2.02 bits per heavy atom. The quantitative estimate of drug-likeness (QED) is 0.222. The highest BCUT2D eigenvalue weighted by Gasteiger charge is 2.47. The Morgan fingerprint density at radius 1 is 0.977 bits per heavy atom. The fourth-order valence-electron chi connectivity index (χ4n) is 7.02. The van der Waals surface area contributed by atoms with Crippen LogP contribution in [-0.2, 0) is 19.1 Å². The normalized spacial score (nSPS) is 23.3. The van der Waals surface area contributed by atoms with Gasteiger partial charge in [0.15, 0.2) is 5.92 Å². The Labute approximate surface area is 260 Å². The summed E-state index contributed by atoms with van der Waals surface area (Å²) in [5, 5.41) is 10.5. The van der Waals surface area contributed by atoms with Gasteiger partial charge in [-0.1, -0.05) is 39.0 Å². The lowest BCUT2D eigenvalue weighted by Gasteiger charge is -2.53. The van der Waals surface area contributed by atoms with Gasteiger partial charge in [-0.15, -0.1) is 0 Å². The molecule has 2 fully saturated rings. The molecule has 7 heteroatoms. The van der Waals surface area contributed by atoms with Crippen molar-refractivity contribution in [2.24, 2.45) is 5.92 Å². The van der Waals surface area contributed by atoms with Gasteiger partial charge in [-0.05, 0) is 85.2 Å². The Kier molecular flexibility index (Phi) is 10.5. The largest absolute Gasteiger partial charge is 0.507 e. The lowest BCUT2D eigenvalue weighted by molar-refractivity contribution is -0.176. The van der Waals surface area contributed by atoms with Crippen molar-refractivity contribution in [3.63, 3.8) is 0 Å². The van der Waals surface area contributed by atoms with E-state index in [1.165, 1.54) is 0 Å². The molecule has 0 saturated carbocycles. The molecule has 0 aliphatic carbocycles. The van der Waals surface area contributed by atoms with Gasteiger partial charge in [0.05, 0.1) is 0 Å². The molecule has 3 rings (SSSR count). The second kappa shape index (κ2) is 13.1. The summed E-state index contributed by atoms with van der Waals surface area (Å²) < 4.78 is 12.5. The van der Waals surface area contributed by atoms with E-state index in [9.17, 15) is 14.7 Å². The number of aromatic hydroxyl groups is 1. The molecule has 1 aromatic rings. The van der Waals surface area contributed by atoms with E-state index in [0.29, 0.717) is 43.2 Å². The number of unbranched alkanes of at least 4 members (excludes halogenated alkanes) is 1. The van der Waals surface area contributed by atoms with Crippen molar-refractivity contribution < 1.29 is 24.2 Å². The summed E-state index contributed by atoms with van der Waals surface area (Å²) in [5.41, 5.74) is 2.40. The van der Waals surface area contributed by atoms with Crippen molar-refractivity contribution >= 4 is 17.5 Å². The van der Waals surface area contributed by atoms with Crippen LogP contribution in [0.25, 0.3) is 5.57 Å². The Morgan fingerprint density at radius 2 is 1.51 bits per heavy atom. The number of ether oxygens (including phenoxy) is 2. The van der Waals surface area contributed by atoms with Crippen LogP contribution in [0.1, 0.15) is 117 Å². The zero-order chi connectivity index (χ0) is 32.5. The third-order valence-corrected chi connectivity index (χ3v) is 10.1. The molecule has 3 unspecified atom stereocenters. The molecule has 0 amide bonds. The van der Waals surface area contributed by atoms with Gasteiger partial charge in [-0.2, -0.15) is 0 Å². The average molecular weight is 597 g/mol. The van der Waals surface area contributed by atoms with Crippen molar-refractivity contribution in [3.8, 4) is 5.75 Å². The van der Waals surface area contributed by atoms with Gasteiger partial charge in [0, 0.05) is 66.5 Å². The number of phenols is 1. The molecule has 43 heavy (non-hydrogen) atoms. The standard InChI is InChI=1S/C36H56N2O5/c1-13-14-15-28(25-16-17-30(39)29(19-25)23(2)3)31(32(40)42-26-18-24(4)37(11)34(5,6)20-26)33(41)43-27-21-35(7,8)38(12)36(9,10)22-27/h16-17,19,26-28,31,39H,2,4,13-15,18,20-22H2,1,3,5-12H3. The van der Waals surface area contributed by atoms with Gasteiger partial charge in [0.25, 0.3) is 0 Å². The monoisotopic (exact) mass is 596 g/mol. The Balaban J connectivity index is 2.02. The maximum absolute atomic E-state index is 14.3. The van der Waals surface area contributed by atoms with Crippen LogP contribution in [0.15, 0.2) is 37.1 Å². The first kappa shape index (κ1) is 34.7. The predicted molar refractivity (Wildman–Crippen MR) is 174 cm³/mol. The van der Waals surface area contributed by atoms with Crippen LogP contribution in [0.3, 0.4) is 0 Å². The van der Waals surface area contributed by atoms with Crippen molar-refractivity contribution in [2.45, 2.75) is 135 Å². The van der Waals surface area contributed by atoms with E-state index in [1.807, 2.05) is 20.0 Å². The molecule has 2 saturated heterocycles. The summed E-state index contributed by atoms with van der Waals surface area (Å²) in [6, 6.07) is 5.28. The number of nitrogens with zero attached hydrogens (tertiary/aromatic N) is 2. The van der Waals surface area contributed by atoms with Crippen molar-refractivity contribution in [1.82, 2.24) is 9.80 Å². The van der Waals surface area contributed by atoms with Gasteiger partial charge < -0.3 is 19.5 Å². The van der Waals surface area contributed by atoms with Gasteiger partial charge in [0.1, 0.15) is 18.0 Å². The fourth-order valence-corrected chi connectivity index (χ4v) is 7.02. The van der Waals surface area contributed by atoms with E-state index < -0.39 is 23.8 Å². The molecule has 1 N–H and O–H groups in total. The summed E-state index contributed by atoms with van der Waals surface area (Å²) in [7, 11) is 4.12. The van der Waals surface area contributed by atoms with Crippen LogP contribution < -0.4 is 0 Å². The van der Waals surface area contributed by atoms with Crippen molar-refractivity contribution in [2.75, 3.05) is 14.1 Å². The molecule has 0 bridgehead atoms. The molecule has 0 aromatic heterocycles. The zero-order valence-corrected chi connectivity index (χ0v) is 28.4. The summed E-state index contributed by atoms with van der Waals surface area (Å²) in [4.78, 5) is 33.0. The first-order valence-electron chi connectivity index (χ1n) is 15.9. The highest BCUT2D eigenvalue weighted by Crippen LogP contribution is 2.41. The van der Waals surface area contributed by atoms with Crippen LogP contribution >= 0.6 is 0 Å². The second-order valence-electron chi connectivity index (χ2n) is 14.8. The highest BCUT2D eigenvalue weighted by molar-refractivity contribution is 5.96. The predicted octanol–water partition coefficient (Wildman–Crippen LogP) is 7.44. The molecule has 0 radical (unpaired) electrons. The Bertz CT molecular complexity index is 1200. The molecule has 7 nitrogen and oxygen atoms in total. The average Bonchev–Trinajstić information content (AvgIpc) is 2.87. The summed E-state index contributed by atoms with van der Waals surface area (Å²) in [6.45, 7) is 25.0. The molecule has 2 heterocycles. The maximum Gasteiger partial charge on any atom is 0.321 e. The van der Waals surface area contributed by atoms with E-state index in [0.717, 1.165) is 24.1 Å².